The standard InChI is InChI=1S/C17H29NO/c1-5-7-9-18(10-8-6-2)13-16-11-14(3)17(19)15(4)12-16/h11,13,15H,5-10,12H2,1-4H3. The first kappa shape index (κ1) is 16.0. The second-order valence-corrected chi connectivity index (χ2v) is 5.74. The molecule has 1 unspecified atom stereocenters. The zero-order valence-corrected chi connectivity index (χ0v) is 13.0. The van der Waals surface area contributed by atoms with Gasteiger partial charge in [-0.2, -0.15) is 0 Å². The van der Waals surface area contributed by atoms with Crippen LogP contribution < -0.4 is 0 Å². The highest BCUT2D eigenvalue weighted by Crippen LogP contribution is 2.24. The molecule has 0 saturated heterocycles. The molecule has 0 heterocycles. The summed E-state index contributed by atoms with van der Waals surface area (Å²) >= 11 is 0. The fourth-order valence-electron chi connectivity index (χ4n) is 2.53. The highest BCUT2D eigenvalue weighted by Gasteiger charge is 2.21. The molecule has 19 heavy (non-hydrogen) atoms. The van der Waals surface area contributed by atoms with Crippen LogP contribution in [-0.4, -0.2) is 23.8 Å². The van der Waals surface area contributed by atoms with Gasteiger partial charge in [0.2, 0.25) is 0 Å². The monoisotopic (exact) mass is 263 g/mol. The lowest BCUT2D eigenvalue weighted by molar-refractivity contribution is -0.118. The van der Waals surface area contributed by atoms with Gasteiger partial charge < -0.3 is 4.90 Å². The van der Waals surface area contributed by atoms with Crippen LogP contribution in [-0.2, 0) is 4.79 Å². The van der Waals surface area contributed by atoms with Crippen molar-refractivity contribution in [2.75, 3.05) is 13.1 Å². The molecule has 2 nitrogen and oxygen atoms in total. The van der Waals surface area contributed by atoms with Gasteiger partial charge in [0.1, 0.15) is 0 Å². The van der Waals surface area contributed by atoms with Gasteiger partial charge in [-0.1, -0.05) is 39.7 Å². The van der Waals surface area contributed by atoms with E-state index in [0.717, 1.165) is 25.1 Å². The van der Waals surface area contributed by atoms with Gasteiger partial charge in [0.25, 0.3) is 0 Å². The van der Waals surface area contributed by atoms with Crippen molar-refractivity contribution in [1.29, 1.82) is 0 Å². The quantitative estimate of drug-likeness (QED) is 0.681. The number of hydrogen-bond donors (Lipinski definition) is 0. The summed E-state index contributed by atoms with van der Waals surface area (Å²) in [5.74, 6) is 0.460. The fraction of sp³-hybridized carbons (Fsp3) is 0.706. The Morgan fingerprint density at radius 3 is 2.32 bits per heavy atom. The van der Waals surface area contributed by atoms with Crippen molar-refractivity contribution in [3.05, 3.63) is 23.4 Å². The van der Waals surface area contributed by atoms with Gasteiger partial charge in [-0.3, -0.25) is 4.79 Å². The summed E-state index contributed by atoms with van der Waals surface area (Å²) in [5.41, 5.74) is 2.23. The molecule has 0 aromatic rings. The van der Waals surface area contributed by atoms with Crippen LogP contribution in [0.4, 0.5) is 0 Å². The van der Waals surface area contributed by atoms with Crippen LogP contribution in [0, 0.1) is 5.92 Å². The van der Waals surface area contributed by atoms with E-state index in [-0.39, 0.29) is 5.92 Å². The summed E-state index contributed by atoms with van der Waals surface area (Å²) in [6, 6.07) is 0. The van der Waals surface area contributed by atoms with Gasteiger partial charge in [0.15, 0.2) is 5.78 Å². The Bertz CT molecular complexity index is 346. The Balaban J connectivity index is 2.74. The fourth-order valence-corrected chi connectivity index (χ4v) is 2.53. The number of carbonyl (C=O) groups is 1. The molecule has 1 aliphatic carbocycles. The zero-order valence-electron chi connectivity index (χ0n) is 13.0. The molecule has 2 heteroatoms. The number of unbranched alkanes of at least 4 members (excludes halogenated alkanes) is 2. The Labute approximate surface area is 118 Å². The molecular formula is C17H29NO. The largest absolute Gasteiger partial charge is 0.377 e. The minimum absolute atomic E-state index is 0.149. The predicted molar refractivity (Wildman–Crippen MR) is 82.0 cm³/mol. The van der Waals surface area contributed by atoms with Crippen molar-refractivity contribution in [2.45, 2.75) is 59.8 Å². The number of allylic oxidation sites excluding steroid dienone is 3. The van der Waals surface area contributed by atoms with Crippen LogP contribution in [0.25, 0.3) is 0 Å². The van der Waals surface area contributed by atoms with Crippen molar-refractivity contribution < 1.29 is 4.79 Å². The van der Waals surface area contributed by atoms with Gasteiger partial charge in [0, 0.05) is 25.2 Å². The molecular weight excluding hydrogens is 234 g/mol. The first-order valence-corrected chi connectivity index (χ1v) is 7.75. The third kappa shape index (κ3) is 5.22. The minimum Gasteiger partial charge on any atom is -0.377 e. The molecule has 0 fully saturated rings. The number of rotatable bonds is 7. The summed E-state index contributed by atoms with van der Waals surface area (Å²) in [7, 11) is 0. The average Bonchev–Trinajstić information content (AvgIpc) is 2.39. The lowest BCUT2D eigenvalue weighted by Gasteiger charge is -2.24. The molecule has 0 amide bonds. The lowest BCUT2D eigenvalue weighted by Crippen LogP contribution is -2.23. The smallest absolute Gasteiger partial charge is 0.161 e. The van der Waals surface area contributed by atoms with E-state index in [9.17, 15) is 4.79 Å². The number of hydrogen-bond acceptors (Lipinski definition) is 2. The van der Waals surface area contributed by atoms with Crippen LogP contribution in [0.1, 0.15) is 59.8 Å². The predicted octanol–water partition coefficient (Wildman–Crippen LogP) is 4.33. The van der Waals surface area contributed by atoms with Gasteiger partial charge in [0.05, 0.1) is 0 Å². The van der Waals surface area contributed by atoms with Crippen molar-refractivity contribution in [3.8, 4) is 0 Å². The van der Waals surface area contributed by atoms with Crippen LogP contribution in [0.3, 0.4) is 0 Å². The van der Waals surface area contributed by atoms with E-state index in [2.05, 4.69) is 31.0 Å². The first-order valence-electron chi connectivity index (χ1n) is 7.75. The molecule has 0 spiro atoms. The van der Waals surface area contributed by atoms with Crippen molar-refractivity contribution in [1.82, 2.24) is 4.90 Å². The first-order chi connectivity index (χ1) is 9.08. The Morgan fingerprint density at radius 1 is 1.26 bits per heavy atom. The minimum atomic E-state index is 0.149. The lowest BCUT2D eigenvalue weighted by atomic mass is 9.87. The Hall–Kier alpha value is -1.05. The maximum Gasteiger partial charge on any atom is 0.161 e. The molecule has 0 N–H and O–H groups in total. The summed E-state index contributed by atoms with van der Waals surface area (Å²) < 4.78 is 0. The second-order valence-electron chi connectivity index (χ2n) is 5.74. The molecule has 0 radical (unpaired) electrons. The van der Waals surface area contributed by atoms with Crippen LogP contribution >= 0.6 is 0 Å². The molecule has 1 atom stereocenters. The highest BCUT2D eigenvalue weighted by atomic mass is 16.1. The summed E-state index contributed by atoms with van der Waals surface area (Å²) in [6.07, 6.45) is 10.2. The molecule has 0 aromatic heterocycles. The van der Waals surface area contributed by atoms with E-state index in [1.165, 1.54) is 31.3 Å². The van der Waals surface area contributed by atoms with E-state index < -0.39 is 0 Å². The number of Topliss-reactive ketones (excluding diaryl/α,β-unsaturated/α-hetero) is 1. The number of carbonyl (C=O) groups excluding carboxylic acids is 1. The SMILES string of the molecule is CCCCN(C=C1C=C(C)C(=O)C(C)C1)CCCC. The third-order valence-electron chi connectivity index (χ3n) is 3.73. The van der Waals surface area contributed by atoms with E-state index in [1.54, 1.807) is 0 Å². The Kier molecular flexibility index (Phi) is 6.90. The van der Waals surface area contributed by atoms with E-state index >= 15 is 0 Å². The summed E-state index contributed by atoms with van der Waals surface area (Å²) in [6.45, 7) is 10.7. The molecule has 0 aliphatic heterocycles. The van der Waals surface area contributed by atoms with Crippen LogP contribution in [0.2, 0.25) is 0 Å². The van der Waals surface area contributed by atoms with Gasteiger partial charge in [-0.25, -0.2) is 0 Å². The molecule has 108 valence electrons. The van der Waals surface area contributed by atoms with Gasteiger partial charge in [-0.05, 0) is 37.3 Å². The molecule has 0 aromatic carbocycles. The van der Waals surface area contributed by atoms with Crippen molar-refractivity contribution in [2.24, 2.45) is 5.92 Å². The summed E-state index contributed by atoms with van der Waals surface area (Å²) in [4.78, 5) is 14.2. The van der Waals surface area contributed by atoms with E-state index in [4.69, 9.17) is 0 Å². The van der Waals surface area contributed by atoms with Crippen LogP contribution in [0.15, 0.2) is 23.4 Å². The van der Waals surface area contributed by atoms with Crippen molar-refractivity contribution >= 4 is 5.78 Å². The Morgan fingerprint density at radius 2 is 1.84 bits per heavy atom. The highest BCUT2D eigenvalue weighted by molar-refractivity contribution is 5.98. The molecule has 1 aliphatic rings. The van der Waals surface area contributed by atoms with Gasteiger partial charge in [-0.15, -0.1) is 0 Å². The zero-order chi connectivity index (χ0) is 14.3. The van der Waals surface area contributed by atoms with Crippen molar-refractivity contribution in [3.63, 3.8) is 0 Å². The summed E-state index contributed by atoms with van der Waals surface area (Å²) in [5, 5.41) is 0. The molecule has 0 bridgehead atoms. The number of ketones is 1. The molecule has 0 saturated carbocycles. The average molecular weight is 263 g/mol. The topological polar surface area (TPSA) is 20.3 Å². The number of nitrogens with zero attached hydrogens (tertiary/aromatic N) is 1. The normalized spacial score (nSPS) is 21.7. The third-order valence-corrected chi connectivity index (χ3v) is 3.73. The van der Waals surface area contributed by atoms with E-state index in [1.807, 2.05) is 13.8 Å². The van der Waals surface area contributed by atoms with Crippen LogP contribution in [0.5, 0.6) is 0 Å². The maximum absolute atomic E-state index is 11.8. The maximum atomic E-state index is 11.8. The van der Waals surface area contributed by atoms with Gasteiger partial charge >= 0.3 is 0 Å². The van der Waals surface area contributed by atoms with E-state index in [0.29, 0.717) is 5.78 Å². The second kappa shape index (κ2) is 8.19. The molecule has 1 rings (SSSR count).